The van der Waals surface area contributed by atoms with E-state index in [2.05, 4.69) is 5.32 Å². The molecule has 132 valence electrons. The number of ether oxygens (including phenoxy) is 1. The molecule has 0 bridgehead atoms. The van der Waals surface area contributed by atoms with Crippen LogP contribution in [-0.4, -0.2) is 37.6 Å². The smallest absolute Gasteiger partial charge is 0.376 e. The first-order valence-corrected chi connectivity index (χ1v) is 7.61. The van der Waals surface area contributed by atoms with E-state index in [4.69, 9.17) is 4.74 Å². The highest BCUT2D eigenvalue weighted by atomic mass is 19.4. The largest absolute Gasteiger partial charge is 0.416 e. The van der Waals surface area contributed by atoms with Gasteiger partial charge in [-0.3, -0.25) is 9.59 Å². The van der Waals surface area contributed by atoms with Gasteiger partial charge in [0, 0.05) is 25.8 Å². The lowest BCUT2D eigenvalue weighted by Crippen LogP contribution is -2.42. The normalized spacial score (nSPS) is 17.6. The first kappa shape index (κ1) is 18.3. The third kappa shape index (κ3) is 4.95. The first-order valence-electron chi connectivity index (χ1n) is 7.61. The minimum atomic E-state index is -4.45. The molecule has 8 heteroatoms. The van der Waals surface area contributed by atoms with Gasteiger partial charge in [0.05, 0.1) is 11.7 Å². The Morgan fingerprint density at radius 2 is 1.96 bits per heavy atom. The van der Waals surface area contributed by atoms with Crippen LogP contribution >= 0.6 is 0 Å². The number of nitrogens with one attached hydrogen (secondary N) is 1. The van der Waals surface area contributed by atoms with Crippen molar-refractivity contribution in [3.63, 3.8) is 0 Å². The molecule has 1 atom stereocenters. The SMILES string of the molecule is CC(=O)N(CC(=O)NCC1CCCO1)c1ccc(C(F)(F)F)cc1. The summed E-state index contributed by atoms with van der Waals surface area (Å²) in [6.07, 6.45) is -2.65. The van der Waals surface area contributed by atoms with Gasteiger partial charge in [-0.1, -0.05) is 0 Å². The van der Waals surface area contributed by atoms with Gasteiger partial charge >= 0.3 is 6.18 Å². The lowest BCUT2D eigenvalue weighted by Gasteiger charge is -2.21. The second kappa shape index (κ2) is 7.65. The molecule has 1 heterocycles. The van der Waals surface area contributed by atoms with E-state index in [0.29, 0.717) is 13.2 Å². The Morgan fingerprint density at radius 1 is 1.29 bits per heavy atom. The molecule has 0 saturated carbocycles. The lowest BCUT2D eigenvalue weighted by atomic mass is 10.2. The third-order valence-electron chi connectivity index (χ3n) is 3.74. The molecule has 1 saturated heterocycles. The van der Waals surface area contributed by atoms with E-state index < -0.39 is 17.6 Å². The highest BCUT2D eigenvalue weighted by Crippen LogP contribution is 2.30. The van der Waals surface area contributed by atoms with Crippen molar-refractivity contribution >= 4 is 17.5 Å². The third-order valence-corrected chi connectivity index (χ3v) is 3.74. The summed E-state index contributed by atoms with van der Waals surface area (Å²) in [5.41, 5.74) is -0.569. The Morgan fingerprint density at radius 3 is 2.46 bits per heavy atom. The Hall–Kier alpha value is -2.09. The maximum atomic E-state index is 12.6. The van der Waals surface area contributed by atoms with Crippen LogP contribution in [0.2, 0.25) is 0 Å². The van der Waals surface area contributed by atoms with Crippen molar-refractivity contribution in [1.82, 2.24) is 5.32 Å². The summed E-state index contributed by atoms with van der Waals surface area (Å²) in [5, 5.41) is 2.68. The van der Waals surface area contributed by atoms with E-state index >= 15 is 0 Å². The van der Waals surface area contributed by atoms with Crippen molar-refractivity contribution in [1.29, 1.82) is 0 Å². The van der Waals surface area contributed by atoms with Crippen molar-refractivity contribution in [2.45, 2.75) is 32.0 Å². The first-order chi connectivity index (χ1) is 11.3. The second-order valence-corrected chi connectivity index (χ2v) is 5.59. The molecule has 1 aliphatic heterocycles. The van der Waals surface area contributed by atoms with Gasteiger partial charge in [0.2, 0.25) is 11.8 Å². The minimum absolute atomic E-state index is 0.0224. The number of hydrogen-bond donors (Lipinski definition) is 1. The number of anilines is 1. The molecule has 24 heavy (non-hydrogen) atoms. The van der Waals surface area contributed by atoms with Gasteiger partial charge in [0.25, 0.3) is 0 Å². The Kier molecular flexibility index (Phi) is 5.82. The molecule has 0 aliphatic carbocycles. The summed E-state index contributed by atoms with van der Waals surface area (Å²) in [4.78, 5) is 24.8. The van der Waals surface area contributed by atoms with Crippen LogP contribution in [0.4, 0.5) is 18.9 Å². The molecule has 5 nitrogen and oxygen atoms in total. The van der Waals surface area contributed by atoms with Gasteiger partial charge in [0.15, 0.2) is 0 Å². The number of rotatable bonds is 5. The van der Waals surface area contributed by atoms with E-state index in [9.17, 15) is 22.8 Å². The molecule has 1 fully saturated rings. The lowest BCUT2D eigenvalue weighted by molar-refractivity contribution is -0.137. The summed E-state index contributed by atoms with van der Waals surface area (Å²) in [6.45, 7) is 2.03. The van der Waals surface area contributed by atoms with Crippen molar-refractivity contribution in [3.8, 4) is 0 Å². The van der Waals surface area contributed by atoms with Crippen LogP contribution in [0, 0.1) is 0 Å². The topological polar surface area (TPSA) is 58.6 Å². The predicted molar refractivity (Wildman–Crippen MR) is 81.5 cm³/mol. The Labute approximate surface area is 137 Å². The van der Waals surface area contributed by atoms with E-state index in [-0.39, 0.29) is 24.2 Å². The maximum Gasteiger partial charge on any atom is 0.416 e. The van der Waals surface area contributed by atoms with E-state index in [1.807, 2.05) is 0 Å². The van der Waals surface area contributed by atoms with Crippen LogP contribution in [0.25, 0.3) is 0 Å². The molecule has 0 radical (unpaired) electrons. The highest BCUT2D eigenvalue weighted by Gasteiger charge is 2.30. The molecule has 1 aromatic rings. The summed E-state index contributed by atoms with van der Waals surface area (Å²) < 4.78 is 43.1. The van der Waals surface area contributed by atoms with Crippen molar-refractivity contribution in [3.05, 3.63) is 29.8 Å². The van der Waals surface area contributed by atoms with Crippen LogP contribution in [0.5, 0.6) is 0 Å². The van der Waals surface area contributed by atoms with Crippen LogP contribution < -0.4 is 10.2 Å². The zero-order chi connectivity index (χ0) is 17.7. The van der Waals surface area contributed by atoms with E-state index in [0.717, 1.165) is 29.9 Å². The van der Waals surface area contributed by atoms with Crippen molar-refractivity contribution in [2.75, 3.05) is 24.6 Å². The zero-order valence-electron chi connectivity index (χ0n) is 13.2. The Bertz CT molecular complexity index is 581. The fourth-order valence-corrected chi connectivity index (χ4v) is 2.45. The minimum Gasteiger partial charge on any atom is -0.376 e. The van der Waals surface area contributed by atoms with Crippen LogP contribution in [0.3, 0.4) is 0 Å². The van der Waals surface area contributed by atoms with Gasteiger partial charge in [0.1, 0.15) is 6.54 Å². The van der Waals surface area contributed by atoms with E-state index in [1.54, 1.807) is 0 Å². The predicted octanol–water partition coefficient (Wildman–Crippen LogP) is 2.35. The molecular formula is C16H19F3N2O3. The molecule has 1 unspecified atom stereocenters. The molecule has 1 aliphatic rings. The molecular weight excluding hydrogens is 325 g/mol. The average Bonchev–Trinajstić information content (AvgIpc) is 3.03. The maximum absolute atomic E-state index is 12.6. The van der Waals surface area contributed by atoms with Crippen LogP contribution in [0.15, 0.2) is 24.3 Å². The molecule has 2 rings (SSSR count). The number of halogens is 3. The molecule has 1 N–H and O–H groups in total. The fourth-order valence-electron chi connectivity index (χ4n) is 2.45. The monoisotopic (exact) mass is 344 g/mol. The van der Waals surface area contributed by atoms with Gasteiger partial charge in [-0.25, -0.2) is 0 Å². The number of alkyl halides is 3. The average molecular weight is 344 g/mol. The highest BCUT2D eigenvalue weighted by molar-refractivity contribution is 5.97. The second-order valence-electron chi connectivity index (χ2n) is 5.59. The standard InChI is InChI=1S/C16H19F3N2O3/c1-11(22)21(10-15(23)20-9-14-3-2-8-24-14)13-6-4-12(5-7-13)16(17,18)19/h4-7,14H,2-3,8-10H2,1H3,(H,20,23). The number of amides is 2. The Balaban J connectivity index is 1.98. The molecule has 1 aromatic carbocycles. The number of carbonyl (C=O) groups excluding carboxylic acids is 2. The quantitative estimate of drug-likeness (QED) is 0.892. The summed E-state index contributed by atoms with van der Waals surface area (Å²) >= 11 is 0. The van der Waals surface area contributed by atoms with Gasteiger partial charge < -0.3 is 15.0 Å². The molecule has 0 aromatic heterocycles. The number of carbonyl (C=O) groups is 2. The van der Waals surface area contributed by atoms with Crippen LogP contribution in [-0.2, 0) is 20.5 Å². The number of hydrogen-bond acceptors (Lipinski definition) is 3. The zero-order valence-corrected chi connectivity index (χ0v) is 13.2. The van der Waals surface area contributed by atoms with Gasteiger partial charge in [-0.05, 0) is 37.1 Å². The summed E-state index contributed by atoms with van der Waals surface area (Å²) in [7, 11) is 0. The fraction of sp³-hybridized carbons (Fsp3) is 0.500. The van der Waals surface area contributed by atoms with Crippen LogP contribution in [0.1, 0.15) is 25.3 Å². The molecule has 2 amide bonds. The van der Waals surface area contributed by atoms with Crippen molar-refractivity contribution in [2.24, 2.45) is 0 Å². The van der Waals surface area contributed by atoms with Crippen molar-refractivity contribution < 1.29 is 27.5 Å². The van der Waals surface area contributed by atoms with Gasteiger partial charge in [-0.2, -0.15) is 13.2 Å². The van der Waals surface area contributed by atoms with E-state index in [1.165, 1.54) is 19.1 Å². The summed E-state index contributed by atoms with van der Waals surface area (Å²) in [5.74, 6) is -0.817. The number of benzene rings is 1. The number of nitrogens with zero attached hydrogens (tertiary/aromatic N) is 1. The molecule has 0 spiro atoms. The van der Waals surface area contributed by atoms with Gasteiger partial charge in [-0.15, -0.1) is 0 Å². The summed E-state index contributed by atoms with van der Waals surface area (Å²) in [6, 6.07) is 4.13.